The standard InChI is InChI=1S/C13H12F4N2O3/c14-7(15)4-2-1-3-6-5-8(20)22-13-9(6)12(21)18-11(19-13)10(16)17/h5,7,10H,1-4H2,(H,18,19,21). The van der Waals surface area contributed by atoms with Gasteiger partial charge in [0.25, 0.3) is 12.0 Å². The van der Waals surface area contributed by atoms with Gasteiger partial charge < -0.3 is 9.40 Å². The quantitative estimate of drug-likeness (QED) is 0.656. The summed E-state index contributed by atoms with van der Waals surface area (Å²) in [6.45, 7) is 0. The maximum absolute atomic E-state index is 12.6. The zero-order valence-electron chi connectivity index (χ0n) is 11.2. The molecule has 120 valence electrons. The maximum atomic E-state index is 12.6. The van der Waals surface area contributed by atoms with Crippen molar-refractivity contribution in [2.75, 3.05) is 0 Å². The third-order valence-corrected chi connectivity index (χ3v) is 3.04. The van der Waals surface area contributed by atoms with Crippen LogP contribution in [0.3, 0.4) is 0 Å². The van der Waals surface area contributed by atoms with Gasteiger partial charge in [-0.05, 0) is 24.8 Å². The highest BCUT2D eigenvalue weighted by Gasteiger charge is 2.17. The summed E-state index contributed by atoms with van der Waals surface area (Å²) in [6.07, 6.45) is -5.02. The number of alkyl halides is 4. The first kappa shape index (κ1) is 16.2. The number of nitrogens with one attached hydrogen (secondary N) is 1. The van der Waals surface area contributed by atoms with Crippen molar-refractivity contribution in [3.05, 3.63) is 38.2 Å². The molecule has 0 atom stereocenters. The first-order valence-electron chi connectivity index (χ1n) is 6.51. The monoisotopic (exact) mass is 320 g/mol. The summed E-state index contributed by atoms with van der Waals surface area (Å²) >= 11 is 0. The van der Waals surface area contributed by atoms with E-state index in [0.717, 1.165) is 6.07 Å². The second-order valence-corrected chi connectivity index (χ2v) is 4.66. The van der Waals surface area contributed by atoms with Gasteiger partial charge in [0, 0.05) is 12.5 Å². The van der Waals surface area contributed by atoms with Gasteiger partial charge in [-0.1, -0.05) is 0 Å². The predicted molar refractivity (Wildman–Crippen MR) is 69.4 cm³/mol. The molecule has 2 rings (SSSR count). The minimum Gasteiger partial charge on any atom is -0.403 e. The van der Waals surface area contributed by atoms with Gasteiger partial charge >= 0.3 is 5.63 Å². The van der Waals surface area contributed by atoms with Gasteiger partial charge in [-0.2, -0.15) is 4.98 Å². The van der Waals surface area contributed by atoms with Crippen LogP contribution in [-0.4, -0.2) is 16.4 Å². The minimum absolute atomic E-state index is 0.110. The third kappa shape index (κ3) is 3.71. The number of hydrogen-bond donors (Lipinski definition) is 1. The molecule has 22 heavy (non-hydrogen) atoms. The Labute approximate surface area is 121 Å². The Kier molecular flexibility index (Phi) is 4.94. The molecule has 0 fully saturated rings. The number of unbranched alkanes of at least 4 members (excludes halogenated alkanes) is 1. The molecular formula is C13H12F4N2O3. The van der Waals surface area contributed by atoms with E-state index in [9.17, 15) is 27.2 Å². The van der Waals surface area contributed by atoms with Crippen LogP contribution in [-0.2, 0) is 6.42 Å². The van der Waals surface area contributed by atoms with Crippen LogP contribution in [0.1, 0.15) is 37.1 Å². The Morgan fingerprint density at radius 2 is 1.91 bits per heavy atom. The van der Waals surface area contributed by atoms with Crippen molar-refractivity contribution >= 4 is 11.1 Å². The molecule has 0 saturated carbocycles. The molecule has 0 saturated heterocycles. The Hall–Kier alpha value is -2.19. The molecule has 0 unspecified atom stereocenters. The normalized spacial score (nSPS) is 11.7. The van der Waals surface area contributed by atoms with E-state index in [1.54, 1.807) is 0 Å². The van der Waals surface area contributed by atoms with E-state index in [2.05, 4.69) is 9.40 Å². The summed E-state index contributed by atoms with van der Waals surface area (Å²) in [5.74, 6) is -0.893. The number of aromatic amines is 1. The highest BCUT2D eigenvalue weighted by atomic mass is 19.3. The molecule has 0 aromatic carbocycles. The van der Waals surface area contributed by atoms with Gasteiger partial charge in [0.05, 0.1) is 0 Å². The van der Waals surface area contributed by atoms with Crippen LogP contribution in [0.4, 0.5) is 17.6 Å². The number of halogens is 4. The summed E-state index contributed by atoms with van der Waals surface area (Å²) in [7, 11) is 0. The van der Waals surface area contributed by atoms with Crippen LogP contribution in [0.25, 0.3) is 11.1 Å². The number of fused-ring (bicyclic) bond motifs is 1. The summed E-state index contributed by atoms with van der Waals surface area (Å²) < 4.78 is 54.0. The molecule has 0 aliphatic heterocycles. The van der Waals surface area contributed by atoms with Crippen molar-refractivity contribution in [2.45, 2.75) is 38.5 Å². The summed E-state index contributed by atoms with van der Waals surface area (Å²) in [6, 6.07) is 1.05. The van der Waals surface area contributed by atoms with E-state index in [0.29, 0.717) is 6.42 Å². The molecule has 5 nitrogen and oxygen atoms in total. The van der Waals surface area contributed by atoms with E-state index in [4.69, 9.17) is 0 Å². The largest absolute Gasteiger partial charge is 0.403 e. The predicted octanol–water partition coefficient (Wildman–Crippen LogP) is 2.79. The van der Waals surface area contributed by atoms with Crippen LogP contribution in [0.5, 0.6) is 0 Å². The van der Waals surface area contributed by atoms with Crippen molar-refractivity contribution < 1.29 is 22.0 Å². The summed E-state index contributed by atoms with van der Waals surface area (Å²) in [4.78, 5) is 28.6. The molecular weight excluding hydrogens is 308 g/mol. The van der Waals surface area contributed by atoms with E-state index in [-0.39, 0.29) is 30.2 Å². The second kappa shape index (κ2) is 6.71. The van der Waals surface area contributed by atoms with Gasteiger partial charge in [0.2, 0.25) is 12.1 Å². The van der Waals surface area contributed by atoms with Gasteiger partial charge in [0.1, 0.15) is 5.39 Å². The lowest BCUT2D eigenvalue weighted by molar-refractivity contribution is 0.134. The maximum Gasteiger partial charge on any atom is 0.337 e. The Morgan fingerprint density at radius 1 is 1.18 bits per heavy atom. The lowest BCUT2D eigenvalue weighted by Crippen LogP contribution is -2.16. The minimum atomic E-state index is -3.02. The van der Waals surface area contributed by atoms with Crippen LogP contribution < -0.4 is 11.2 Å². The molecule has 2 aromatic rings. The number of H-pyrrole nitrogens is 1. The molecule has 0 bridgehead atoms. The molecule has 0 amide bonds. The van der Waals surface area contributed by atoms with Crippen molar-refractivity contribution in [1.82, 2.24) is 9.97 Å². The van der Waals surface area contributed by atoms with E-state index in [1.165, 1.54) is 0 Å². The lowest BCUT2D eigenvalue weighted by atomic mass is 10.1. The average Bonchev–Trinajstić information content (AvgIpc) is 2.42. The fraction of sp³-hybridized carbons (Fsp3) is 0.462. The Balaban J connectivity index is 2.38. The third-order valence-electron chi connectivity index (χ3n) is 3.04. The van der Waals surface area contributed by atoms with Crippen LogP contribution >= 0.6 is 0 Å². The van der Waals surface area contributed by atoms with Crippen LogP contribution in [0, 0.1) is 0 Å². The summed E-state index contributed by atoms with van der Waals surface area (Å²) in [5, 5.41) is -0.110. The molecule has 9 heteroatoms. The smallest absolute Gasteiger partial charge is 0.337 e. The topological polar surface area (TPSA) is 76.0 Å². The van der Waals surface area contributed by atoms with Gasteiger partial charge in [-0.15, -0.1) is 0 Å². The molecule has 0 spiro atoms. The van der Waals surface area contributed by atoms with Crippen molar-refractivity contribution in [2.24, 2.45) is 0 Å². The SMILES string of the molecule is O=c1cc(CCCCC(F)F)c2c(=O)[nH]c(C(F)F)nc2o1. The van der Waals surface area contributed by atoms with Crippen molar-refractivity contribution in [3.8, 4) is 0 Å². The lowest BCUT2D eigenvalue weighted by Gasteiger charge is -2.06. The Morgan fingerprint density at radius 3 is 2.55 bits per heavy atom. The Bertz CT molecular complexity index is 770. The first-order chi connectivity index (χ1) is 10.4. The molecule has 0 aliphatic carbocycles. The number of hydrogen-bond acceptors (Lipinski definition) is 4. The highest BCUT2D eigenvalue weighted by Crippen LogP contribution is 2.18. The van der Waals surface area contributed by atoms with Crippen LogP contribution in [0.2, 0.25) is 0 Å². The summed E-state index contributed by atoms with van der Waals surface area (Å²) in [5.41, 5.74) is -1.92. The van der Waals surface area contributed by atoms with Gasteiger partial charge in [0.15, 0.2) is 5.82 Å². The number of aryl methyl sites for hydroxylation is 1. The molecule has 1 N–H and O–H groups in total. The molecule has 2 heterocycles. The molecule has 2 aromatic heterocycles. The fourth-order valence-corrected chi connectivity index (χ4v) is 2.08. The first-order valence-corrected chi connectivity index (χ1v) is 6.51. The van der Waals surface area contributed by atoms with E-state index < -0.39 is 35.6 Å². The fourth-order valence-electron chi connectivity index (χ4n) is 2.08. The number of nitrogens with zero attached hydrogens (tertiary/aromatic N) is 1. The number of rotatable bonds is 6. The van der Waals surface area contributed by atoms with Gasteiger partial charge in [-0.3, -0.25) is 4.79 Å². The second-order valence-electron chi connectivity index (χ2n) is 4.66. The average molecular weight is 320 g/mol. The molecule has 0 radical (unpaired) electrons. The van der Waals surface area contributed by atoms with E-state index >= 15 is 0 Å². The zero-order chi connectivity index (χ0) is 16.3. The van der Waals surface area contributed by atoms with Gasteiger partial charge in [-0.25, -0.2) is 22.4 Å². The molecule has 0 aliphatic rings. The van der Waals surface area contributed by atoms with Crippen molar-refractivity contribution in [3.63, 3.8) is 0 Å². The number of aromatic nitrogens is 2. The zero-order valence-corrected chi connectivity index (χ0v) is 11.2. The highest BCUT2D eigenvalue weighted by molar-refractivity contribution is 5.75. The van der Waals surface area contributed by atoms with Crippen LogP contribution in [0.15, 0.2) is 20.1 Å². The van der Waals surface area contributed by atoms with E-state index in [1.807, 2.05) is 4.98 Å². The van der Waals surface area contributed by atoms with Crippen molar-refractivity contribution in [1.29, 1.82) is 0 Å².